The smallest absolute Gasteiger partial charge is 0.134 e. The Balaban J connectivity index is 0.00000225. The van der Waals surface area contributed by atoms with Crippen molar-refractivity contribution in [1.82, 2.24) is 10.3 Å². The summed E-state index contributed by atoms with van der Waals surface area (Å²) in [6.45, 7) is 2.17. The molecule has 130 valence electrons. The van der Waals surface area contributed by atoms with Gasteiger partial charge in [0.2, 0.25) is 0 Å². The van der Waals surface area contributed by atoms with Gasteiger partial charge in [0, 0.05) is 25.5 Å². The molecule has 0 saturated heterocycles. The minimum absolute atomic E-state index is 0. The van der Waals surface area contributed by atoms with Crippen LogP contribution >= 0.6 is 28.3 Å². The number of nitrogens with zero attached hydrogens (tertiary/aromatic N) is 1. The highest BCUT2D eigenvalue weighted by atomic mass is 79.9. The van der Waals surface area contributed by atoms with E-state index < -0.39 is 0 Å². The lowest BCUT2D eigenvalue weighted by atomic mass is 10.2. The van der Waals surface area contributed by atoms with E-state index in [-0.39, 0.29) is 12.4 Å². The second-order valence-corrected chi connectivity index (χ2v) is 6.36. The zero-order valence-corrected chi connectivity index (χ0v) is 16.1. The summed E-state index contributed by atoms with van der Waals surface area (Å²) in [5.74, 6) is 0.856. The summed E-state index contributed by atoms with van der Waals surface area (Å²) in [7, 11) is 0. The molecule has 0 bridgehead atoms. The Hall–Kier alpha value is -1.88. The van der Waals surface area contributed by atoms with Crippen LogP contribution in [0.4, 0.5) is 0 Å². The molecule has 0 amide bonds. The van der Waals surface area contributed by atoms with Crippen LogP contribution in [0.2, 0.25) is 0 Å². The van der Waals surface area contributed by atoms with Crippen molar-refractivity contribution in [2.45, 2.75) is 19.7 Å². The van der Waals surface area contributed by atoms with Crippen molar-refractivity contribution < 1.29 is 4.74 Å². The van der Waals surface area contributed by atoms with Crippen LogP contribution in [-0.4, -0.2) is 4.98 Å². The third kappa shape index (κ3) is 6.16. The fourth-order valence-electron chi connectivity index (χ4n) is 2.36. The average Bonchev–Trinajstić information content (AvgIpc) is 2.63. The zero-order valence-electron chi connectivity index (χ0n) is 13.7. The SMILES string of the molecule is Brc1cc(CNCc2cccnc2)ccc1OCc1ccccc1.Cl. The monoisotopic (exact) mass is 418 g/mol. The molecule has 0 atom stereocenters. The lowest BCUT2D eigenvalue weighted by Crippen LogP contribution is -2.12. The Labute approximate surface area is 163 Å². The van der Waals surface area contributed by atoms with E-state index in [1.54, 1.807) is 6.20 Å². The Bertz CT molecular complexity index is 769. The van der Waals surface area contributed by atoms with E-state index in [1.807, 2.05) is 36.5 Å². The summed E-state index contributed by atoms with van der Waals surface area (Å²) in [4.78, 5) is 4.12. The number of hydrogen-bond acceptors (Lipinski definition) is 3. The van der Waals surface area contributed by atoms with Gasteiger partial charge in [0.25, 0.3) is 0 Å². The first-order valence-electron chi connectivity index (χ1n) is 7.86. The van der Waals surface area contributed by atoms with Gasteiger partial charge in [-0.15, -0.1) is 12.4 Å². The number of benzene rings is 2. The van der Waals surface area contributed by atoms with Gasteiger partial charge in [-0.3, -0.25) is 4.98 Å². The van der Waals surface area contributed by atoms with Gasteiger partial charge in [0.1, 0.15) is 12.4 Å². The van der Waals surface area contributed by atoms with Crippen molar-refractivity contribution >= 4 is 28.3 Å². The summed E-state index contributed by atoms with van der Waals surface area (Å²) in [6, 6.07) is 20.4. The first-order valence-corrected chi connectivity index (χ1v) is 8.65. The van der Waals surface area contributed by atoms with Crippen LogP contribution < -0.4 is 10.1 Å². The molecule has 0 aliphatic carbocycles. The number of nitrogens with one attached hydrogen (secondary N) is 1. The maximum atomic E-state index is 5.88. The molecule has 0 fully saturated rings. The Morgan fingerprint density at radius 1 is 0.880 bits per heavy atom. The van der Waals surface area contributed by atoms with Crippen LogP contribution in [0.5, 0.6) is 5.75 Å². The Morgan fingerprint density at radius 2 is 1.64 bits per heavy atom. The first-order chi connectivity index (χ1) is 11.8. The summed E-state index contributed by atoms with van der Waals surface area (Å²) in [5, 5.41) is 3.42. The van der Waals surface area contributed by atoms with Crippen LogP contribution in [0.15, 0.2) is 77.5 Å². The van der Waals surface area contributed by atoms with Gasteiger partial charge in [-0.2, -0.15) is 0 Å². The number of pyridine rings is 1. The van der Waals surface area contributed by atoms with E-state index >= 15 is 0 Å². The molecule has 0 saturated carbocycles. The third-order valence-electron chi connectivity index (χ3n) is 3.61. The molecule has 0 aliphatic heterocycles. The predicted molar refractivity (Wildman–Crippen MR) is 107 cm³/mol. The summed E-state index contributed by atoms with van der Waals surface area (Å²) in [6.07, 6.45) is 3.66. The molecule has 0 unspecified atom stereocenters. The Morgan fingerprint density at radius 3 is 2.36 bits per heavy atom. The molecule has 1 heterocycles. The van der Waals surface area contributed by atoms with E-state index in [2.05, 4.69) is 56.6 Å². The highest BCUT2D eigenvalue weighted by molar-refractivity contribution is 9.10. The molecule has 5 heteroatoms. The molecule has 1 N–H and O–H groups in total. The van der Waals surface area contributed by atoms with Gasteiger partial charge < -0.3 is 10.1 Å². The molecule has 0 aliphatic rings. The quantitative estimate of drug-likeness (QED) is 0.576. The molecule has 3 aromatic rings. The van der Waals surface area contributed by atoms with Crippen LogP contribution in [0.1, 0.15) is 16.7 Å². The van der Waals surface area contributed by atoms with Crippen molar-refractivity contribution in [1.29, 1.82) is 0 Å². The first kappa shape index (κ1) is 19.4. The maximum Gasteiger partial charge on any atom is 0.134 e. The van der Waals surface area contributed by atoms with E-state index in [1.165, 1.54) is 11.1 Å². The standard InChI is InChI=1S/C20H19BrN2O.ClH/c21-19-11-17(12-23-14-18-7-4-10-22-13-18)8-9-20(19)24-15-16-5-2-1-3-6-16;/h1-11,13,23H,12,14-15H2;1H. The lowest BCUT2D eigenvalue weighted by Gasteiger charge is -2.10. The molecule has 25 heavy (non-hydrogen) atoms. The average molecular weight is 420 g/mol. The third-order valence-corrected chi connectivity index (χ3v) is 4.23. The topological polar surface area (TPSA) is 34.2 Å². The number of rotatable bonds is 7. The molecule has 0 radical (unpaired) electrons. The van der Waals surface area contributed by atoms with Crippen molar-refractivity contribution in [3.05, 3.63) is 94.2 Å². The van der Waals surface area contributed by atoms with Crippen molar-refractivity contribution in [3.63, 3.8) is 0 Å². The van der Waals surface area contributed by atoms with Gasteiger partial charge in [0.05, 0.1) is 4.47 Å². The van der Waals surface area contributed by atoms with Crippen LogP contribution in [-0.2, 0) is 19.7 Å². The maximum absolute atomic E-state index is 5.88. The lowest BCUT2D eigenvalue weighted by molar-refractivity contribution is 0.304. The molecule has 0 spiro atoms. The van der Waals surface area contributed by atoms with E-state index in [0.717, 1.165) is 28.9 Å². The summed E-state index contributed by atoms with van der Waals surface area (Å²) < 4.78 is 6.85. The van der Waals surface area contributed by atoms with Crippen molar-refractivity contribution in [2.24, 2.45) is 0 Å². The molecule has 1 aromatic heterocycles. The highest BCUT2D eigenvalue weighted by Gasteiger charge is 2.03. The zero-order chi connectivity index (χ0) is 16.6. The van der Waals surface area contributed by atoms with Gasteiger partial charge in [-0.25, -0.2) is 0 Å². The van der Waals surface area contributed by atoms with Crippen molar-refractivity contribution in [3.8, 4) is 5.75 Å². The minimum Gasteiger partial charge on any atom is -0.488 e. The van der Waals surface area contributed by atoms with Crippen molar-refractivity contribution in [2.75, 3.05) is 0 Å². The van der Waals surface area contributed by atoms with Gasteiger partial charge >= 0.3 is 0 Å². The number of halogens is 2. The largest absolute Gasteiger partial charge is 0.488 e. The van der Waals surface area contributed by atoms with Crippen LogP contribution in [0, 0.1) is 0 Å². The second-order valence-electron chi connectivity index (χ2n) is 5.50. The number of hydrogen-bond donors (Lipinski definition) is 1. The summed E-state index contributed by atoms with van der Waals surface area (Å²) >= 11 is 3.59. The Kier molecular flexibility index (Phi) is 7.92. The minimum atomic E-state index is 0. The second kappa shape index (κ2) is 10.2. The fourth-order valence-corrected chi connectivity index (χ4v) is 2.90. The normalized spacial score (nSPS) is 10.1. The molecule has 2 aromatic carbocycles. The summed E-state index contributed by atoms with van der Waals surface area (Å²) in [5.41, 5.74) is 3.55. The van der Waals surface area contributed by atoms with Gasteiger partial charge in [-0.05, 0) is 50.8 Å². The van der Waals surface area contributed by atoms with Gasteiger partial charge in [-0.1, -0.05) is 42.5 Å². The molecular formula is C20H20BrClN2O. The fraction of sp³-hybridized carbons (Fsp3) is 0.150. The molecule has 3 rings (SSSR count). The highest BCUT2D eigenvalue weighted by Crippen LogP contribution is 2.26. The van der Waals surface area contributed by atoms with E-state index in [9.17, 15) is 0 Å². The molecule has 3 nitrogen and oxygen atoms in total. The van der Waals surface area contributed by atoms with E-state index in [4.69, 9.17) is 4.74 Å². The number of aromatic nitrogens is 1. The van der Waals surface area contributed by atoms with E-state index in [0.29, 0.717) is 6.61 Å². The van der Waals surface area contributed by atoms with Gasteiger partial charge in [0.15, 0.2) is 0 Å². The van der Waals surface area contributed by atoms with Crippen LogP contribution in [0.25, 0.3) is 0 Å². The number of ether oxygens (including phenoxy) is 1. The van der Waals surface area contributed by atoms with Crippen LogP contribution in [0.3, 0.4) is 0 Å². The molecular weight excluding hydrogens is 400 g/mol. The predicted octanol–water partition coefficient (Wildman–Crippen LogP) is 5.13.